The molecular formula is C15H22FNO2. The largest absolute Gasteiger partial charge is 0.382 e. The fourth-order valence-electron chi connectivity index (χ4n) is 2.37. The Balaban J connectivity index is 1.55. The van der Waals surface area contributed by atoms with Crippen molar-refractivity contribution in [2.24, 2.45) is 0 Å². The Labute approximate surface area is 114 Å². The lowest BCUT2D eigenvalue weighted by Crippen LogP contribution is -2.41. The standard InChI is InChI=1S/C15H22FNO2/c1-18-8-9-19-7-6-17-15-10-13(11-15)12-2-4-14(16)5-3-12/h2-5,13,15,17H,6-11H2,1H3. The van der Waals surface area contributed by atoms with Crippen molar-refractivity contribution in [2.75, 3.05) is 33.5 Å². The third kappa shape index (κ3) is 4.56. The van der Waals surface area contributed by atoms with Crippen LogP contribution in [0.2, 0.25) is 0 Å². The summed E-state index contributed by atoms with van der Waals surface area (Å²) in [5, 5.41) is 3.47. The molecule has 0 bridgehead atoms. The summed E-state index contributed by atoms with van der Waals surface area (Å²) in [4.78, 5) is 0. The number of rotatable bonds is 8. The first-order chi connectivity index (χ1) is 9.29. The Hall–Kier alpha value is -0.970. The average molecular weight is 267 g/mol. The van der Waals surface area contributed by atoms with Crippen LogP contribution in [0.3, 0.4) is 0 Å². The van der Waals surface area contributed by atoms with Gasteiger partial charge in [-0.1, -0.05) is 12.1 Å². The topological polar surface area (TPSA) is 30.5 Å². The van der Waals surface area contributed by atoms with Crippen molar-refractivity contribution in [3.8, 4) is 0 Å². The van der Waals surface area contributed by atoms with Gasteiger partial charge in [0.05, 0.1) is 19.8 Å². The van der Waals surface area contributed by atoms with E-state index in [1.54, 1.807) is 19.2 Å². The SMILES string of the molecule is COCCOCCNC1CC(c2ccc(F)cc2)C1. The molecule has 0 unspecified atom stereocenters. The maximum absolute atomic E-state index is 12.8. The molecule has 1 aliphatic carbocycles. The van der Waals surface area contributed by atoms with Crippen molar-refractivity contribution in [3.63, 3.8) is 0 Å². The Bertz CT molecular complexity index is 363. The number of ether oxygens (including phenoxy) is 2. The van der Waals surface area contributed by atoms with Crippen molar-refractivity contribution in [3.05, 3.63) is 35.6 Å². The van der Waals surface area contributed by atoms with Gasteiger partial charge in [0.25, 0.3) is 0 Å². The molecule has 106 valence electrons. The summed E-state index contributed by atoms with van der Waals surface area (Å²) in [6, 6.07) is 7.44. The van der Waals surface area contributed by atoms with E-state index >= 15 is 0 Å². The van der Waals surface area contributed by atoms with E-state index in [0.29, 0.717) is 25.2 Å². The van der Waals surface area contributed by atoms with Gasteiger partial charge < -0.3 is 14.8 Å². The van der Waals surface area contributed by atoms with Crippen LogP contribution in [0, 0.1) is 5.82 Å². The van der Waals surface area contributed by atoms with Crippen molar-refractivity contribution in [2.45, 2.75) is 24.8 Å². The zero-order valence-electron chi connectivity index (χ0n) is 11.4. The van der Waals surface area contributed by atoms with E-state index in [-0.39, 0.29) is 5.82 Å². The van der Waals surface area contributed by atoms with E-state index in [1.807, 2.05) is 12.1 Å². The molecule has 1 fully saturated rings. The summed E-state index contributed by atoms with van der Waals surface area (Å²) in [6.45, 7) is 2.91. The third-order valence-electron chi connectivity index (χ3n) is 3.59. The Morgan fingerprint density at radius 3 is 2.58 bits per heavy atom. The number of benzene rings is 1. The molecule has 0 saturated heterocycles. The van der Waals surface area contributed by atoms with Crippen molar-refractivity contribution >= 4 is 0 Å². The molecule has 0 heterocycles. The zero-order chi connectivity index (χ0) is 13.5. The highest BCUT2D eigenvalue weighted by molar-refractivity contribution is 5.23. The van der Waals surface area contributed by atoms with Gasteiger partial charge in [0.1, 0.15) is 5.82 Å². The minimum Gasteiger partial charge on any atom is -0.382 e. The van der Waals surface area contributed by atoms with Crippen molar-refractivity contribution < 1.29 is 13.9 Å². The monoisotopic (exact) mass is 267 g/mol. The smallest absolute Gasteiger partial charge is 0.123 e. The van der Waals surface area contributed by atoms with Crippen LogP contribution in [0.1, 0.15) is 24.3 Å². The average Bonchev–Trinajstić information content (AvgIpc) is 2.37. The first-order valence-corrected chi connectivity index (χ1v) is 6.85. The molecule has 0 aromatic heterocycles. The molecule has 0 amide bonds. The highest BCUT2D eigenvalue weighted by Gasteiger charge is 2.29. The summed E-state index contributed by atoms with van der Waals surface area (Å²) in [6.07, 6.45) is 2.26. The van der Waals surface area contributed by atoms with Gasteiger partial charge in [0.2, 0.25) is 0 Å². The molecule has 4 heteroatoms. The van der Waals surface area contributed by atoms with Gasteiger partial charge in [-0.05, 0) is 36.5 Å². The molecule has 3 nitrogen and oxygen atoms in total. The van der Waals surface area contributed by atoms with E-state index < -0.39 is 0 Å². The number of halogens is 1. The molecule has 19 heavy (non-hydrogen) atoms. The molecule has 0 aliphatic heterocycles. The Morgan fingerprint density at radius 2 is 1.89 bits per heavy atom. The molecule has 1 N–H and O–H groups in total. The lowest BCUT2D eigenvalue weighted by Gasteiger charge is -2.36. The van der Waals surface area contributed by atoms with E-state index in [2.05, 4.69) is 5.32 Å². The molecular weight excluding hydrogens is 245 g/mol. The molecule has 1 aromatic carbocycles. The summed E-state index contributed by atoms with van der Waals surface area (Å²) in [5.74, 6) is 0.415. The second kappa shape index (κ2) is 7.58. The van der Waals surface area contributed by atoms with Gasteiger partial charge in [0.15, 0.2) is 0 Å². The van der Waals surface area contributed by atoms with Crippen LogP contribution < -0.4 is 5.32 Å². The lowest BCUT2D eigenvalue weighted by molar-refractivity contribution is 0.0694. The third-order valence-corrected chi connectivity index (χ3v) is 3.59. The van der Waals surface area contributed by atoms with Crippen molar-refractivity contribution in [1.29, 1.82) is 0 Å². The number of hydrogen-bond donors (Lipinski definition) is 1. The molecule has 0 spiro atoms. The molecule has 1 saturated carbocycles. The van der Waals surface area contributed by atoms with Gasteiger partial charge in [-0.25, -0.2) is 4.39 Å². The molecule has 0 atom stereocenters. The van der Waals surface area contributed by atoms with E-state index in [0.717, 1.165) is 26.0 Å². The van der Waals surface area contributed by atoms with Crippen LogP contribution in [0.5, 0.6) is 0 Å². The normalized spacial score (nSPS) is 22.2. The lowest BCUT2D eigenvalue weighted by atomic mass is 9.76. The van der Waals surface area contributed by atoms with E-state index in [1.165, 1.54) is 5.56 Å². The zero-order valence-corrected chi connectivity index (χ0v) is 11.4. The predicted molar refractivity (Wildman–Crippen MR) is 72.9 cm³/mol. The van der Waals surface area contributed by atoms with Gasteiger partial charge in [-0.2, -0.15) is 0 Å². The van der Waals surface area contributed by atoms with Crippen LogP contribution in [-0.4, -0.2) is 39.5 Å². The molecule has 1 aromatic rings. The fraction of sp³-hybridized carbons (Fsp3) is 0.600. The van der Waals surface area contributed by atoms with Gasteiger partial charge in [-0.3, -0.25) is 0 Å². The maximum Gasteiger partial charge on any atom is 0.123 e. The van der Waals surface area contributed by atoms with Gasteiger partial charge in [-0.15, -0.1) is 0 Å². The number of hydrogen-bond acceptors (Lipinski definition) is 3. The second-order valence-electron chi connectivity index (χ2n) is 4.98. The minimum atomic E-state index is -0.161. The number of methoxy groups -OCH3 is 1. The highest BCUT2D eigenvalue weighted by atomic mass is 19.1. The Kier molecular flexibility index (Phi) is 5.76. The number of nitrogens with one attached hydrogen (secondary N) is 1. The second-order valence-corrected chi connectivity index (χ2v) is 4.98. The van der Waals surface area contributed by atoms with Gasteiger partial charge in [0, 0.05) is 19.7 Å². The first-order valence-electron chi connectivity index (χ1n) is 6.85. The molecule has 0 radical (unpaired) electrons. The van der Waals surface area contributed by atoms with E-state index in [4.69, 9.17) is 9.47 Å². The predicted octanol–water partition coefficient (Wildman–Crippen LogP) is 2.32. The molecule has 1 aliphatic rings. The highest BCUT2D eigenvalue weighted by Crippen LogP contribution is 2.36. The van der Waals surface area contributed by atoms with Crippen molar-refractivity contribution in [1.82, 2.24) is 5.32 Å². The van der Waals surface area contributed by atoms with Crippen LogP contribution in [0.15, 0.2) is 24.3 Å². The van der Waals surface area contributed by atoms with Crippen LogP contribution >= 0.6 is 0 Å². The minimum absolute atomic E-state index is 0.161. The quantitative estimate of drug-likeness (QED) is 0.733. The van der Waals surface area contributed by atoms with Crippen LogP contribution in [0.4, 0.5) is 4.39 Å². The first kappa shape index (κ1) is 14.4. The maximum atomic E-state index is 12.8. The summed E-state index contributed by atoms with van der Waals surface area (Å²) in [5.41, 5.74) is 1.25. The van der Waals surface area contributed by atoms with Crippen LogP contribution in [-0.2, 0) is 9.47 Å². The summed E-state index contributed by atoms with van der Waals surface area (Å²) >= 11 is 0. The van der Waals surface area contributed by atoms with Crippen LogP contribution in [0.25, 0.3) is 0 Å². The van der Waals surface area contributed by atoms with E-state index in [9.17, 15) is 4.39 Å². The Morgan fingerprint density at radius 1 is 1.16 bits per heavy atom. The van der Waals surface area contributed by atoms with Gasteiger partial charge >= 0.3 is 0 Å². The summed E-state index contributed by atoms with van der Waals surface area (Å²) in [7, 11) is 1.67. The summed E-state index contributed by atoms with van der Waals surface area (Å²) < 4.78 is 23.1. The molecule has 2 rings (SSSR count). The fourth-order valence-corrected chi connectivity index (χ4v) is 2.37.